The lowest BCUT2D eigenvalue weighted by Crippen LogP contribution is -2.47. The smallest absolute Gasteiger partial charge is 0.254 e. The van der Waals surface area contributed by atoms with Crippen LogP contribution in [0.5, 0.6) is 0 Å². The quantitative estimate of drug-likeness (QED) is 0.714. The van der Waals surface area contributed by atoms with E-state index in [1.165, 1.54) is 0 Å². The van der Waals surface area contributed by atoms with Crippen LogP contribution in [0.15, 0.2) is 0 Å². The third-order valence-corrected chi connectivity index (χ3v) is 3.17. The predicted molar refractivity (Wildman–Crippen MR) is 68.8 cm³/mol. The fourth-order valence-electron chi connectivity index (χ4n) is 1.63. The molecule has 2 unspecified atom stereocenters. The molecule has 0 spiro atoms. The molecule has 0 aliphatic carbocycles. The van der Waals surface area contributed by atoms with Gasteiger partial charge >= 0.3 is 0 Å². The summed E-state index contributed by atoms with van der Waals surface area (Å²) in [7, 11) is 0. The Bertz CT molecular complexity index is 280. The van der Waals surface area contributed by atoms with Crippen molar-refractivity contribution in [1.82, 2.24) is 4.90 Å². The first-order chi connectivity index (χ1) is 8.06. The van der Waals surface area contributed by atoms with Gasteiger partial charge in [0.2, 0.25) is 0 Å². The Morgan fingerprint density at radius 2 is 2.29 bits per heavy atom. The molecule has 1 aliphatic heterocycles. The highest BCUT2D eigenvalue weighted by Gasteiger charge is 2.27. The molecule has 1 fully saturated rings. The molecule has 0 aromatic rings. The normalized spacial score (nSPS) is 21.9. The zero-order valence-corrected chi connectivity index (χ0v) is 11.2. The van der Waals surface area contributed by atoms with Crippen molar-refractivity contribution in [2.45, 2.75) is 20.0 Å². The number of amides is 1. The van der Waals surface area contributed by atoms with E-state index in [9.17, 15) is 4.79 Å². The number of nitrogens with two attached hydrogens (primary N) is 1. The van der Waals surface area contributed by atoms with Crippen molar-refractivity contribution in [3.8, 4) is 0 Å². The topological polar surface area (TPSA) is 64.8 Å². The van der Waals surface area contributed by atoms with Gasteiger partial charge in [-0.3, -0.25) is 4.79 Å². The molecule has 1 saturated heterocycles. The molecule has 17 heavy (non-hydrogen) atoms. The van der Waals surface area contributed by atoms with Crippen LogP contribution in [0.4, 0.5) is 0 Å². The van der Waals surface area contributed by atoms with E-state index in [-0.39, 0.29) is 11.8 Å². The number of rotatable bonds is 5. The lowest BCUT2D eigenvalue weighted by atomic mass is 10.1. The minimum atomic E-state index is -0.484. The van der Waals surface area contributed by atoms with Gasteiger partial charge in [0.05, 0.1) is 24.8 Å². The van der Waals surface area contributed by atoms with E-state index < -0.39 is 6.10 Å². The van der Waals surface area contributed by atoms with Crippen LogP contribution in [0.2, 0.25) is 0 Å². The summed E-state index contributed by atoms with van der Waals surface area (Å²) in [4.78, 5) is 14.3. The van der Waals surface area contributed by atoms with Gasteiger partial charge < -0.3 is 20.1 Å². The minimum absolute atomic E-state index is 0.0124. The van der Waals surface area contributed by atoms with Crippen LogP contribution >= 0.6 is 12.2 Å². The van der Waals surface area contributed by atoms with Gasteiger partial charge in [0.15, 0.2) is 6.10 Å². The predicted octanol–water partition coefficient (Wildman–Crippen LogP) is 0.173. The van der Waals surface area contributed by atoms with Gasteiger partial charge in [0, 0.05) is 19.0 Å². The molecule has 0 aromatic heterocycles. The van der Waals surface area contributed by atoms with Crippen LogP contribution in [-0.4, -0.2) is 54.8 Å². The summed E-state index contributed by atoms with van der Waals surface area (Å²) in [5, 5.41) is 0. The summed E-state index contributed by atoms with van der Waals surface area (Å²) in [6, 6.07) is 0. The van der Waals surface area contributed by atoms with Crippen LogP contribution in [0, 0.1) is 5.92 Å². The molecular formula is C11H20N2O3S. The number of likely N-dealkylation sites (N-methyl/N-ethyl adjacent to an activating group) is 1. The Kier molecular flexibility index (Phi) is 5.80. The van der Waals surface area contributed by atoms with E-state index in [0.29, 0.717) is 37.9 Å². The van der Waals surface area contributed by atoms with E-state index in [1.807, 2.05) is 13.8 Å². The standard InChI is InChI=1S/C11H20N2O3S/c1-3-13(6-8(2)10(12)17)11(14)9-7-15-4-5-16-9/h8-9H,3-7H2,1-2H3,(H2,12,17). The lowest BCUT2D eigenvalue weighted by molar-refractivity contribution is -0.158. The Balaban J connectivity index is 2.53. The summed E-state index contributed by atoms with van der Waals surface area (Å²) in [5.41, 5.74) is 5.56. The second-order valence-corrected chi connectivity index (χ2v) is 4.59. The first-order valence-electron chi connectivity index (χ1n) is 5.83. The second kappa shape index (κ2) is 6.88. The highest BCUT2D eigenvalue weighted by molar-refractivity contribution is 7.80. The maximum Gasteiger partial charge on any atom is 0.254 e. The van der Waals surface area contributed by atoms with Gasteiger partial charge in [0.25, 0.3) is 5.91 Å². The summed E-state index contributed by atoms with van der Waals surface area (Å²) < 4.78 is 10.6. The Morgan fingerprint density at radius 3 is 2.76 bits per heavy atom. The molecule has 98 valence electrons. The van der Waals surface area contributed by atoms with Crippen molar-refractivity contribution in [2.24, 2.45) is 11.7 Å². The molecule has 1 heterocycles. The fourth-order valence-corrected chi connectivity index (χ4v) is 1.70. The van der Waals surface area contributed by atoms with E-state index in [4.69, 9.17) is 27.4 Å². The van der Waals surface area contributed by atoms with Gasteiger partial charge in [-0.2, -0.15) is 0 Å². The van der Waals surface area contributed by atoms with Crippen molar-refractivity contribution >= 4 is 23.1 Å². The summed E-state index contributed by atoms with van der Waals surface area (Å²) in [5.74, 6) is -0.0336. The maximum absolute atomic E-state index is 12.1. The first-order valence-corrected chi connectivity index (χ1v) is 6.24. The molecule has 1 aliphatic rings. The van der Waals surface area contributed by atoms with Crippen LogP contribution in [-0.2, 0) is 14.3 Å². The molecule has 1 rings (SSSR count). The molecule has 0 radical (unpaired) electrons. The van der Waals surface area contributed by atoms with Gasteiger partial charge in [0.1, 0.15) is 0 Å². The van der Waals surface area contributed by atoms with Crippen molar-refractivity contribution in [1.29, 1.82) is 0 Å². The highest BCUT2D eigenvalue weighted by atomic mass is 32.1. The molecule has 0 aromatic carbocycles. The Morgan fingerprint density at radius 1 is 1.59 bits per heavy atom. The Labute approximate surface area is 107 Å². The average Bonchev–Trinajstić information content (AvgIpc) is 2.35. The zero-order chi connectivity index (χ0) is 12.8. The zero-order valence-electron chi connectivity index (χ0n) is 10.3. The van der Waals surface area contributed by atoms with Gasteiger partial charge in [-0.25, -0.2) is 0 Å². The Hall–Kier alpha value is -0.720. The molecule has 6 heteroatoms. The number of hydrogen-bond acceptors (Lipinski definition) is 4. The average molecular weight is 260 g/mol. The second-order valence-electron chi connectivity index (χ2n) is 4.11. The van der Waals surface area contributed by atoms with Crippen molar-refractivity contribution in [2.75, 3.05) is 32.9 Å². The number of nitrogens with zero attached hydrogens (tertiary/aromatic N) is 1. The molecule has 2 N–H and O–H groups in total. The monoisotopic (exact) mass is 260 g/mol. The third kappa shape index (κ3) is 4.22. The molecular weight excluding hydrogens is 240 g/mol. The fraction of sp³-hybridized carbons (Fsp3) is 0.818. The van der Waals surface area contributed by atoms with Gasteiger partial charge in [-0.05, 0) is 6.92 Å². The van der Waals surface area contributed by atoms with Crippen LogP contribution in [0.25, 0.3) is 0 Å². The first kappa shape index (κ1) is 14.3. The highest BCUT2D eigenvalue weighted by Crippen LogP contribution is 2.08. The van der Waals surface area contributed by atoms with E-state index in [2.05, 4.69) is 0 Å². The molecule has 0 bridgehead atoms. The number of hydrogen-bond donors (Lipinski definition) is 1. The molecule has 2 atom stereocenters. The third-order valence-electron chi connectivity index (χ3n) is 2.76. The van der Waals surface area contributed by atoms with E-state index in [1.54, 1.807) is 4.90 Å². The number of carbonyl (C=O) groups excluding carboxylic acids is 1. The molecule has 0 saturated carbocycles. The SMILES string of the molecule is CCN(CC(C)C(N)=S)C(=O)C1COCCO1. The number of ether oxygens (including phenoxy) is 2. The molecule has 5 nitrogen and oxygen atoms in total. The van der Waals surface area contributed by atoms with Crippen LogP contribution in [0.3, 0.4) is 0 Å². The van der Waals surface area contributed by atoms with E-state index in [0.717, 1.165) is 0 Å². The minimum Gasteiger partial charge on any atom is -0.393 e. The lowest BCUT2D eigenvalue weighted by Gasteiger charge is -2.30. The summed E-state index contributed by atoms with van der Waals surface area (Å²) >= 11 is 4.91. The van der Waals surface area contributed by atoms with E-state index >= 15 is 0 Å². The van der Waals surface area contributed by atoms with Gasteiger partial charge in [-0.15, -0.1) is 0 Å². The van der Waals surface area contributed by atoms with Crippen molar-refractivity contribution in [3.63, 3.8) is 0 Å². The van der Waals surface area contributed by atoms with Crippen LogP contribution < -0.4 is 5.73 Å². The van der Waals surface area contributed by atoms with Crippen molar-refractivity contribution < 1.29 is 14.3 Å². The van der Waals surface area contributed by atoms with Gasteiger partial charge in [-0.1, -0.05) is 19.1 Å². The number of thiocarbonyl (C=S) groups is 1. The summed E-state index contributed by atoms with van der Waals surface area (Å²) in [6.07, 6.45) is -0.484. The summed E-state index contributed by atoms with van der Waals surface area (Å²) in [6.45, 7) is 6.34. The van der Waals surface area contributed by atoms with Crippen LogP contribution in [0.1, 0.15) is 13.8 Å². The number of carbonyl (C=O) groups is 1. The molecule has 1 amide bonds. The van der Waals surface area contributed by atoms with Crippen molar-refractivity contribution in [3.05, 3.63) is 0 Å². The maximum atomic E-state index is 12.1. The largest absolute Gasteiger partial charge is 0.393 e.